The van der Waals surface area contributed by atoms with Gasteiger partial charge in [-0.3, -0.25) is 4.90 Å². The second-order valence-electron chi connectivity index (χ2n) is 5.28. The van der Waals surface area contributed by atoms with Crippen molar-refractivity contribution >= 4 is 5.69 Å². The van der Waals surface area contributed by atoms with Gasteiger partial charge >= 0.3 is 0 Å². The molecule has 1 aromatic carbocycles. The zero-order valence-corrected chi connectivity index (χ0v) is 11.0. The maximum Gasteiger partial charge on any atom is 0.170 e. The smallest absolute Gasteiger partial charge is 0.170 e. The lowest BCUT2D eigenvalue weighted by molar-refractivity contribution is -0.185. The van der Waals surface area contributed by atoms with Gasteiger partial charge in [-0.1, -0.05) is 6.07 Å². The molecular formula is C14H20N2O3. The van der Waals surface area contributed by atoms with E-state index >= 15 is 0 Å². The summed E-state index contributed by atoms with van der Waals surface area (Å²) in [6, 6.07) is 5.40. The van der Waals surface area contributed by atoms with Crippen molar-refractivity contribution in [3.63, 3.8) is 0 Å². The Labute approximate surface area is 112 Å². The lowest BCUT2D eigenvalue weighted by atomic mass is 10.0. The first-order valence-corrected chi connectivity index (χ1v) is 6.75. The summed E-state index contributed by atoms with van der Waals surface area (Å²) in [7, 11) is 0. The molecule has 2 aliphatic rings. The van der Waals surface area contributed by atoms with Crippen LogP contribution in [0, 0.1) is 0 Å². The minimum Gasteiger partial charge on any atom is -0.506 e. The lowest BCUT2D eigenvalue weighted by Crippen LogP contribution is -2.44. The molecule has 0 saturated carbocycles. The number of piperidine rings is 1. The molecular weight excluding hydrogens is 244 g/mol. The van der Waals surface area contributed by atoms with Gasteiger partial charge in [-0.05, 0) is 17.7 Å². The maximum absolute atomic E-state index is 9.42. The summed E-state index contributed by atoms with van der Waals surface area (Å²) in [6.07, 6.45) is 1.83. The van der Waals surface area contributed by atoms with Crippen molar-refractivity contribution in [3.05, 3.63) is 23.8 Å². The Morgan fingerprint density at radius 1 is 1.21 bits per heavy atom. The van der Waals surface area contributed by atoms with Crippen LogP contribution in [0.25, 0.3) is 0 Å². The lowest BCUT2D eigenvalue weighted by Gasteiger charge is -2.37. The van der Waals surface area contributed by atoms with Crippen LogP contribution >= 0.6 is 0 Å². The molecule has 3 rings (SSSR count). The fraction of sp³-hybridized carbons (Fsp3) is 0.571. The molecule has 104 valence electrons. The van der Waals surface area contributed by atoms with E-state index in [0.29, 0.717) is 18.9 Å². The van der Waals surface area contributed by atoms with Gasteiger partial charge < -0.3 is 20.3 Å². The van der Waals surface area contributed by atoms with E-state index in [1.165, 1.54) is 0 Å². The van der Waals surface area contributed by atoms with Crippen molar-refractivity contribution < 1.29 is 14.6 Å². The predicted molar refractivity (Wildman–Crippen MR) is 71.7 cm³/mol. The molecule has 0 aromatic heterocycles. The summed E-state index contributed by atoms with van der Waals surface area (Å²) in [5.41, 5.74) is 7.27. The van der Waals surface area contributed by atoms with Crippen LogP contribution in [0.4, 0.5) is 5.69 Å². The molecule has 2 heterocycles. The summed E-state index contributed by atoms with van der Waals surface area (Å²) in [5, 5.41) is 9.42. The van der Waals surface area contributed by atoms with Crippen LogP contribution in [0.2, 0.25) is 0 Å². The van der Waals surface area contributed by atoms with Crippen molar-refractivity contribution in [1.82, 2.24) is 4.90 Å². The van der Waals surface area contributed by atoms with Gasteiger partial charge in [-0.2, -0.15) is 0 Å². The largest absolute Gasteiger partial charge is 0.506 e. The van der Waals surface area contributed by atoms with Crippen molar-refractivity contribution in [2.45, 2.75) is 25.2 Å². The van der Waals surface area contributed by atoms with E-state index in [4.69, 9.17) is 15.2 Å². The van der Waals surface area contributed by atoms with Gasteiger partial charge in [0.15, 0.2) is 5.79 Å². The Bertz CT molecular complexity index is 448. The summed E-state index contributed by atoms with van der Waals surface area (Å²) in [6.45, 7) is 4.20. The molecule has 19 heavy (non-hydrogen) atoms. The predicted octanol–water partition coefficient (Wildman–Crippen LogP) is 1.31. The van der Waals surface area contributed by atoms with Crippen LogP contribution in [0.15, 0.2) is 18.2 Å². The Morgan fingerprint density at radius 3 is 2.53 bits per heavy atom. The van der Waals surface area contributed by atoms with Gasteiger partial charge in [-0.25, -0.2) is 0 Å². The van der Waals surface area contributed by atoms with Gasteiger partial charge in [0.1, 0.15) is 5.75 Å². The number of ether oxygens (including phenoxy) is 2. The van der Waals surface area contributed by atoms with E-state index in [1.807, 2.05) is 12.1 Å². The molecule has 5 nitrogen and oxygen atoms in total. The first-order valence-electron chi connectivity index (χ1n) is 6.75. The van der Waals surface area contributed by atoms with Crippen LogP contribution in [0.5, 0.6) is 5.75 Å². The summed E-state index contributed by atoms with van der Waals surface area (Å²) in [5.74, 6) is -0.168. The molecule has 0 amide bonds. The highest BCUT2D eigenvalue weighted by Gasteiger charge is 2.39. The maximum atomic E-state index is 9.42. The molecule has 1 aromatic rings. The third-order valence-corrected chi connectivity index (χ3v) is 3.93. The molecule has 1 spiro atoms. The number of phenolic OH excluding ortho intramolecular Hbond substituents is 1. The summed E-state index contributed by atoms with van der Waals surface area (Å²) >= 11 is 0. The number of hydrogen-bond donors (Lipinski definition) is 2. The van der Waals surface area contributed by atoms with Crippen LogP contribution in [0.3, 0.4) is 0 Å². The minimum absolute atomic E-state index is 0.147. The van der Waals surface area contributed by atoms with Crippen LogP contribution < -0.4 is 5.73 Å². The number of benzene rings is 1. The average Bonchev–Trinajstić information content (AvgIpc) is 2.86. The Balaban J connectivity index is 1.58. The molecule has 2 aliphatic heterocycles. The number of phenols is 1. The van der Waals surface area contributed by atoms with Crippen molar-refractivity contribution in [2.75, 3.05) is 32.0 Å². The number of nitrogens with zero attached hydrogens (tertiary/aromatic N) is 1. The van der Waals surface area contributed by atoms with E-state index in [1.54, 1.807) is 6.07 Å². The number of hydrogen-bond acceptors (Lipinski definition) is 5. The van der Waals surface area contributed by atoms with Gasteiger partial charge in [0, 0.05) is 32.5 Å². The van der Waals surface area contributed by atoms with Crippen LogP contribution in [-0.2, 0) is 16.0 Å². The Morgan fingerprint density at radius 2 is 1.89 bits per heavy atom. The molecule has 0 unspecified atom stereocenters. The van der Waals surface area contributed by atoms with Crippen LogP contribution in [0.1, 0.15) is 18.4 Å². The first-order chi connectivity index (χ1) is 9.17. The molecule has 0 radical (unpaired) electrons. The second kappa shape index (κ2) is 5.00. The van der Waals surface area contributed by atoms with Gasteiger partial charge in [0.25, 0.3) is 0 Å². The SMILES string of the molecule is Nc1cc(CN2CCC3(CC2)OCCO3)ccc1O. The molecule has 0 aliphatic carbocycles. The summed E-state index contributed by atoms with van der Waals surface area (Å²) in [4.78, 5) is 2.36. The molecule has 2 saturated heterocycles. The molecule has 0 atom stereocenters. The van der Waals surface area contributed by atoms with E-state index in [9.17, 15) is 5.11 Å². The zero-order valence-electron chi connectivity index (χ0n) is 11.0. The second-order valence-corrected chi connectivity index (χ2v) is 5.28. The highest BCUT2D eigenvalue weighted by atomic mass is 16.7. The van der Waals surface area contributed by atoms with Gasteiger partial charge in [-0.15, -0.1) is 0 Å². The number of rotatable bonds is 2. The normalized spacial score (nSPS) is 22.9. The average molecular weight is 264 g/mol. The quantitative estimate of drug-likeness (QED) is 0.623. The highest BCUT2D eigenvalue weighted by Crippen LogP contribution is 2.32. The van der Waals surface area contributed by atoms with Gasteiger partial charge in [0.05, 0.1) is 18.9 Å². The van der Waals surface area contributed by atoms with Crippen molar-refractivity contribution in [1.29, 1.82) is 0 Å². The number of likely N-dealkylation sites (tertiary alicyclic amines) is 1. The van der Waals surface area contributed by atoms with Crippen LogP contribution in [-0.4, -0.2) is 42.1 Å². The van der Waals surface area contributed by atoms with Crippen molar-refractivity contribution in [2.24, 2.45) is 0 Å². The molecule has 5 heteroatoms. The zero-order chi connectivity index (χ0) is 13.3. The first kappa shape index (κ1) is 12.7. The minimum atomic E-state index is -0.315. The Kier molecular flexibility index (Phi) is 3.35. The number of nitrogen functional groups attached to an aromatic ring is 1. The van der Waals surface area contributed by atoms with Crippen molar-refractivity contribution in [3.8, 4) is 5.75 Å². The third kappa shape index (κ3) is 2.68. The van der Waals surface area contributed by atoms with E-state index < -0.39 is 0 Å². The van der Waals surface area contributed by atoms with E-state index in [0.717, 1.165) is 38.0 Å². The van der Waals surface area contributed by atoms with Gasteiger partial charge in [0.2, 0.25) is 0 Å². The monoisotopic (exact) mass is 264 g/mol. The molecule has 2 fully saturated rings. The fourth-order valence-corrected chi connectivity index (χ4v) is 2.80. The topological polar surface area (TPSA) is 68.0 Å². The van der Waals surface area contributed by atoms with E-state index in [-0.39, 0.29) is 11.5 Å². The number of anilines is 1. The highest BCUT2D eigenvalue weighted by molar-refractivity contribution is 5.53. The number of aromatic hydroxyl groups is 1. The fourth-order valence-electron chi connectivity index (χ4n) is 2.80. The standard InChI is InChI=1S/C14H20N2O3/c15-12-9-11(1-2-13(12)17)10-16-5-3-14(4-6-16)18-7-8-19-14/h1-2,9,17H,3-8,10,15H2. The molecule has 3 N–H and O–H groups in total. The number of nitrogens with two attached hydrogens (primary N) is 1. The van der Waals surface area contributed by atoms with E-state index in [2.05, 4.69) is 4.90 Å². The Hall–Kier alpha value is -1.30. The summed E-state index contributed by atoms with van der Waals surface area (Å²) < 4.78 is 11.4. The molecule has 0 bridgehead atoms. The third-order valence-electron chi connectivity index (χ3n) is 3.93.